The van der Waals surface area contributed by atoms with Gasteiger partial charge >= 0.3 is 0 Å². The predicted molar refractivity (Wildman–Crippen MR) is 98.3 cm³/mol. The van der Waals surface area contributed by atoms with Crippen LogP contribution in [0.5, 0.6) is 17.2 Å². The highest BCUT2D eigenvalue weighted by Gasteiger charge is 2.21. The second kappa shape index (κ2) is 8.13. The zero-order valence-corrected chi connectivity index (χ0v) is 15.9. The highest BCUT2D eigenvalue weighted by Crippen LogP contribution is 2.39. The molecule has 136 valence electrons. The number of hydrogen-bond donors (Lipinski definition) is 0. The first-order chi connectivity index (χ1) is 12.4. The maximum atomic E-state index is 12.7. The topological polar surface area (TPSA) is 85.6 Å². The van der Waals surface area contributed by atoms with Crippen molar-refractivity contribution in [3.63, 3.8) is 0 Å². The van der Waals surface area contributed by atoms with E-state index in [1.54, 1.807) is 18.2 Å². The SMILES string of the molecule is COc1cc(C=C(C#N)S(=O)(=O)c2ccc(Cl)cc2)cc(OC)c1OC. The molecule has 2 aromatic rings. The van der Waals surface area contributed by atoms with Gasteiger partial charge in [0.25, 0.3) is 0 Å². The molecule has 0 N–H and O–H groups in total. The summed E-state index contributed by atoms with van der Waals surface area (Å²) < 4.78 is 41.1. The number of methoxy groups -OCH3 is 3. The highest BCUT2D eigenvalue weighted by atomic mass is 35.5. The predicted octanol–water partition coefficient (Wildman–Crippen LogP) is 3.70. The fourth-order valence-corrected chi connectivity index (χ4v) is 3.53. The van der Waals surface area contributed by atoms with E-state index in [1.807, 2.05) is 0 Å². The number of benzene rings is 2. The van der Waals surface area contributed by atoms with Crippen LogP contribution in [0.4, 0.5) is 0 Å². The molecule has 2 aromatic carbocycles. The van der Waals surface area contributed by atoms with Crippen molar-refractivity contribution in [2.45, 2.75) is 4.90 Å². The summed E-state index contributed by atoms with van der Waals surface area (Å²) in [6, 6.07) is 10.4. The molecule has 0 fully saturated rings. The van der Waals surface area contributed by atoms with Crippen LogP contribution in [0, 0.1) is 11.3 Å². The minimum atomic E-state index is -3.99. The molecule has 0 bridgehead atoms. The quantitative estimate of drug-likeness (QED) is 0.695. The van der Waals surface area contributed by atoms with Crippen LogP contribution in [0.15, 0.2) is 46.2 Å². The molecular weight excluding hydrogens is 378 g/mol. The average Bonchev–Trinajstić information content (AvgIpc) is 2.65. The second-order valence-electron chi connectivity index (χ2n) is 5.04. The normalized spacial score (nSPS) is 11.6. The summed E-state index contributed by atoms with van der Waals surface area (Å²) in [5.41, 5.74) is 0.411. The summed E-state index contributed by atoms with van der Waals surface area (Å²) in [5, 5.41) is 9.78. The van der Waals surface area contributed by atoms with E-state index in [0.29, 0.717) is 27.8 Å². The summed E-state index contributed by atoms with van der Waals surface area (Å²) in [6.45, 7) is 0. The van der Waals surface area contributed by atoms with Crippen LogP contribution in [-0.4, -0.2) is 29.7 Å². The van der Waals surface area contributed by atoms with Gasteiger partial charge in [0.2, 0.25) is 15.6 Å². The van der Waals surface area contributed by atoms with Crippen molar-refractivity contribution in [3.05, 3.63) is 51.9 Å². The maximum absolute atomic E-state index is 12.7. The van der Waals surface area contributed by atoms with E-state index < -0.39 is 14.7 Å². The van der Waals surface area contributed by atoms with Gasteiger partial charge in [-0.05, 0) is 48.0 Å². The van der Waals surface area contributed by atoms with Crippen LogP contribution in [-0.2, 0) is 9.84 Å². The van der Waals surface area contributed by atoms with Crippen molar-refractivity contribution in [1.82, 2.24) is 0 Å². The molecule has 0 radical (unpaired) electrons. The fourth-order valence-electron chi connectivity index (χ4n) is 2.25. The van der Waals surface area contributed by atoms with E-state index in [-0.39, 0.29) is 4.90 Å². The number of hydrogen-bond acceptors (Lipinski definition) is 6. The largest absolute Gasteiger partial charge is 0.493 e. The molecule has 2 rings (SSSR count). The van der Waals surface area contributed by atoms with Crippen molar-refractivity contribution in [2.75, 3.05) is 21.3 Å². The zero-order valence-electron chi connectivity index (χ0n) is 14.3. The van der Waals surface area contributed by atoms with Gasteiger partial charge in [0.1, 0.15) is 11.0 Å². The second-order valence-corrected chi connectivity index (χ2v) is 7.39. The fraction of sp³-hybridized carbons (Fsp3) is 0.167. The molecule has 0 aliphatic heterocycles. The van der Waals surface area contributed by atoms with Crippen molar-refractivity contribution in [3.8, 4) is 23.3 Å². The lowest BCUT2D eigenvalue weighted by Gasteiger charge is -2.13. The Morgan fingerprint density at radius 1 is 1.04 bits per heavy atom. The third-order valence-corrected chi connectivity index (χ3v) is 5.44. The molecular formula is C18H16ClNO5S. The van der Waals surface area contributed by atoms with Gasteiger partial charge in [0.15, 0.2) is 11.5 Å². The molecule has 0 saturated carbocycles. The average molecular weight is 394 g/mol. The summed E-state index contributed by atoms with van der Waals surface area (Å²) in [4.78, 5) is -0.448. The lowest BCUT2D eigenvalue weighted by molar-refractivity contribution is 0.324. The first kappa shape index (κ1) is 19.6. The summed E-state index contributed by atoms with van der Waals surface area (Å²) in [7, 11) is 0.357. The van der Waals surface area contributed by atoms with Gasteiger partial charge in [-0.15, -0.1) is 0 Å². The van der Waals surface area contributed by atoms with Crippen LogP contribution in [0.1, 0.15) is 5.56 Å². The van der Waals surface area contributed by atoms with Gasteiger partial charge < -0.3 is 14.2 Å². The van der Waals surface area contributed by atoms with E-state index in [4.69, 9.17) is 25.8 Å². The number of allylic oxidation sites excluding steroid dienone is 1. The summed E-state index contributed by atoms with van der Waals surface area (Å²) >= 11 is 5.79. The first-order valence-corrected chi connectivity index (χ1v) is 9.16. The van der Waals surface area contributed by atoms with Crippen LogP contribution < -0.4 is 14.2 Å². The van der Waals surface area contributed by atoms with Crippen LogP contribution >= 0.6 is 11.6 Å². The van der Waals surface area contributed by atoms with Gasteiger partial charge in [0, 0.05) is 5.02 Å². The lowest BCUT2D eigenvalue weighted by atomic mass is 10.1. The Morgan fingerprint density at radius 2 is 1.58 bits per heavy atom. The Hall–Kier alpha value is -2.69. The molecule has 0 aliphatic carbocycles. The van der Waals surface area contributed by atoms with Crippen LogP contribution in [0.2, 0.25) is 5.02 Å². The molecule has 0 saturated heterocycles. The third-order valence-electron chi connectivity index (χ3n) is 3.51. The smallest absolute Gasteiger partial charge is 0.216 e. The van der Waals surface area contributed by atoms with Gasteiger partial charge in [-0.2, -0.15) is 5.26 Å². The Balaban J connectivity index is 2.59. The minimum absolute atomic E-state index is 0.0258. The summed E-state index contributed by atoms with van der Waals surface area (Å²) in [5.74, 6) is 1.06. The molecule has 8 heteroatoms. The molecule has 0 atom stereocenters. The van der Waals surface area contributed by atoms with Gasteiger partial charge in [-0.25, -0.2) is 8.42 Å². The van der Waals surface area contributed by atoms with Gasteiger partial charge in [-0.3, -0.25) is 0 Å². The molecule has 0 aromatic heterocycles. The molecule has 0 spiro atoms. The van der Waals surface area contributed by atoms with Crippen LogP contribution in [0.3, 0.4) is 0 Å². The number of nitriles is 1. The number of halogens is 1. The molecule has 0 heterocycles. The van der Waals surface area contributed by atoms with Crippen molar-refractivity contribution >= 4 is 27.5 Å². The van der Waals surface area contributed by atoms with Crippen molar-refractivity contribution in [1.29, 1.82) is 5.26 Å². The van der Waals surface area contributed by atoms with E-state index in [2.05, 4.69) is 0 Å². The molecule has 6 nitrogen and oxygen atoms in total. The molecule has 0 amide bonds. The molecule has 0 unspecified atom stereocenters. The Morgan fingerprint density at radius 3 is 2.00 bits per heavy atom. The standard InChI is InChI=1S/C18H16ClNO5S/c1-23-16-9-12(10-17(24-2)18(16)25-3)8-15(11-20)26(21,22)14-6-4-13(19)5-7-14/h4-10H,1-3H3. The number of nitrogens with zero attached hydrogens (tertiary/aromatic N) is 1. The van der Waals surface area contributed by atoms with Gasteiger partial charge in [0.05, 0.1) is 26.2 Å². The van der Waals surface area contributed by atoms with E-state index in [1.165, 1.54) is 51.7 Å². The third kappa shape index (κ3) is 3.93. The zero-order chi connectivity index (χ0) is 19.3. The van der Waals surface area contributed by atoms with E-state index in [0.717, 1.165) is 0 Å². The minimum Gasteiger partial charge on any atom is -0.493 e. The number of sulfone groups is 1. The van der Waals surface area contributed by atoms with E-state index >= 15 is 0 Å². The summed E-state index contributed by atoms with van der Waals surface area (Å²) in [6.07, 6.45) is 1.24. The van der Waals surface area contributed by atoms with Crippen molar-refractivity contribution < 1.29 is 22.6 Å². The van der Waals surface area contributed by atoms with E-state index in [9.17, 15) is 13.7 Å². The molecule has 26 heavy (non-hydrogen) atoms. The number of rotatable bonds is 6. The lowest BCUT2D eigenvalue weighted by Crippen LogP contribution is -2.03. The van der Waals surface area contributed by atoms with Crippen LogP contribution in [0.25, 0.3) is 6.08 Å². The first-order valence-electron chi connectivity index (χ1n) is 7.29. The highest BCUT2D eigenvalue weighted by molar-refractivity contribution is 7.95. The molecule has 0 aliphatic rings. The Bertz CT molecular complexity index is 951. The van der Waals surface area contributed by atoms with Crippen molar-refractivity contribution in [2.24, 2.45) is 0 Å². The number of ether oxygens (including phenoxy) is 3. The Labute approximate surface area is 157 Å². The van der Waals surface area contributed by atoms with Gasteiger partial charge in [-0.1, -0.05) is 11.6 Å². The Kier molecular flexibility index (Phi) is 6.14. The maximum Gasteiger partial charge on any atom is 0.216 e. The monoisotopic (exact) mass is 393 g/mol.